The number of hydrogen-bond acceptors (Lipinski definition) is 6. The van der Waals surface area contributed by atoms with Crippen molar-refractivity contribution in [2.24, 2.45) is 0 Å². The number of amides is 1. The van der Waals surface area contributed by atoms with Crippen LogP contribution in [0.1, 0.15) is 12.7 Å². The maximum absolute atomic E-state index is 12.0. The van der Waals surface area contributed by atoms with Gasteiger partial charge in [0.2, 0.25) is 5.91 Å². The Morgan fingerprint density at radius 1 is 1.43 bits per heavy atom. The Hall–Kier alpha value is -2.90. The summed E-state index contributed by atoms with van der Waals surface area (Å²) in [6.45, 7) is 3.36. The maximum atomic E-state index is 12.0. The molecule has 2 aromatic rings. The molecular formula is C13H14N4O4. The van der Waals surface area contributed by atoms with E-state index in [1.807, 2.05) is 0 Å². The second kappa shape index (κ2) is 6.04. The molecule has 2 N–H and O–H groups in total. The topological polar surface area (TPSA) is 110 Å². The largest absolute Gasteiger partial charge is 0.374 e. The van der Waals surface area contributed by atoms with Crippen molar-refractivity contribution < 1.29 is 14.2 Å². The van der Waals surface area contributed by atoms with Crippen molar-refractivity contribution in [3.63, 3.8) is 0 Å². The highest BCUT2D eigenvalue weighted by Gasteiger charge is 2.15. The van der Waals surface area contributed by atoms with Crippen molar-refractivity contribution in [1.82, 2.24) is 5.16 Å². The molecule has 0 unspecified atom stereocenters. The molecular weight excluding hydrogens is 276 g/mol. The molecule has 1 atom stereocenters. The first kappa shape index (κ1) is 14.5. The maximum Gasteiger partial charge on any atom is 0.271 e. The van der Waals surface area contributed by atoms with Crippen molar-refractivity contribution in [2.75, 3.05) is 10.6 Å². The number of aromatic nitrogens is 1. The molecule has 1 aromatic carbocycles. The lowest BCUT2D eigenvalue weighted by Gasteiger charge is -2.13. The van der Waals surface area contributed by atoms with Gasteiger partial charge in [-0.1, -0.05) is 11.2 Å². The second-order valence-corrected chi connectivity index (χ2v) is 4.49. The van der Waals surface area contributed by atoms with Crippen LogP contribution in [0.2, 0.25) is 0 Å². The fourth-order valence-electron chi connectivity index (χ4n) is 1.68. The molecule has 0 aliphatic carbocycles. The van der Waals surface area contributed by atoms with E-state index < -0.39 is 11.0 Å². The molecule has 110 valence electrons. The smallest absolute Gasteiger partial charge is 0.271 e. The van der Waals surface area contributed by atoms with Gasteiger partial charge in [-0.3, -0.25) is 14.9 Å². The van der Waals surface area contributed by atoms with Gasteiger partial charge in [0.25, 0.3) is 5.69 Å². The van der Waals surface area contributed by atoms with E-state index in [-0.39, 0.29) is 11.6 Å². The normalized spacial score (nSPS) is 11.7. The minimum Gasteiger partial charge on any atom is -0.374 e. The molecule has 0 fully saturated rings. The number of nitrogens with one attached hydrogen (secondary N) is 2. The molecule has 0 spiro atoms. The number of hydrogen-bond donors (Lipinski definition) is 2. The standard InChI is InChI=1S/C13H14N4O4/c1-8-6-12(16-21-8)15-13(18)9(2)14-10-4-3-5-11(7-10)17(19)20/h3-7,9,14H,1-2H3,(H,15,16,18)/t9-/m1/s1. The summed E-state index contributed by atoms with van der Waals surface area (Å²) in [6, 6.07) is 6.95. The number of nitrogens with zero attached hydrogens (tertiary/aromatic N) is 2. The Labute approximate surface area is 120 Å². The van der Waals surface area contributed by atoms with Gasteiger partial charge >= 0.3 is 0 Å². The average molecular weight is 290 g/mol. The molecule has 0 saturated carbocycles. The summed E-state index contributed by atoms with van der Waals surface area (Å²) in [5.41, 5.74) is 0.447. The number of carbonyl (C=O) groups excluding carboxylic acids is 1. The highest BCUT2D eigenvalue weighted by Crippen LogP contribution is 2.18. The minimum absolute atomic E-state index is 0.0419. The van der Waals surface area contributed by atoms with Crippen molar-refractivity contribution >= 4 is 23.1 Å². The number of rotatable bonds is 5. The van der Waals surface area contributed by atoms with Crippen LogP contribution >= 0.6 is 0 Å². The first-order valence-corrected chi connectivity index (χ1v) is 6.21. The Morgan fingerprint density at radius 2 is 2.19 bits per heavy atom. The monoisotopic (exact) mass is 290 g/mol. The van der Waals surface area contributed by atoms with Crippen LogP contribution in [0.25, 0.3) is 0 Å². The molecule has 1 amide bonds. The van der Waals surface area contributed by atoms with Gasteiger partial charge in [-0.15, -0.1) is 0 Å². The van der Waals surface area contributed by atoms with Crippen molar-refractivity contribution in [2.45, 2.75) is 19.9 Å². The molecule has 8 heteroatoms. The third kappa shape index (κ3) is 3.78. The predicted octanol–water partition coefficient (Wildman–Crippen LogP) is 2.33. The van der Waals surface area contributed by atoms with E-state index in [4.69, 9.17) is 4.52 Å². The lowest BCUT2D eigenvalue weighted by atomic mass is 10.2. The quantitative estimate of drug-likeness (QED) is 0.646. The van der Waals surface area contributed by atoms with E-state index in [2.05, 4.69) is 15.8 Å². The first-order valence-electron chi connectivity index (χ1n) is 6.21. The molecule has 8 nitrogen and oxygen atoms in total. The van der Waals surface area contributed by atoms with Gasteiger partial charge in [0, 0.05) is 23.9 Å². The van der Waals surface area contributed by atoms with Crippen LogP contribution in [-0.4, -0.2) is 22.0 Å². The summed E-state index contributed by atoms with van der Waals surface area (Å²) in [4.78, 5) is 22.2. The molecule has 2 rings (SSSR count). The third-order valence-electron chi connectivity index (χ3n) is 2.71. The Morgan fingerprint density at radius 3 is 2.81 bits per heavy atom. The molecule has 0 aliphatic heterocycles. The Balaban J connectivity index is 2.00. The van der Waals surface area contributed by atoms with Gasteiger partial charge in [-0.25, -0.2) is 0 Å². The first-order chi connectivity index (χ1) is 9.95. The van der Waals surface area contributed by atoms with E-state index in [9.17, 15) is 14.9 Å². The zero-order valence-corrected chi connectivity index (χ0v) is 11.5. The van der Waals surface area contributed by atoms with Crippen molar-refractivity contribution in [3.05, 3.63) is 46.2 Å². The fourth-order valence-corrected chi connectivity index (χ4v) is 1.68. The van der Waals surface area contributed by atoms with Crippen LogP contribution in [0.4, 0.5) is 17.2 Å². The van der Waals surface area contributed by atoms with Crippen LogP contribution in [0.5, 0.6) is 0 Å². The molecule has 1 heterocycles. The SMILES string of the molecule is Cc1cc(NC(=O)[C@@H](C)Nc2cccc([N+](=O)[O-])c2)no1. The van der Waals surface area contributed by atoms with Crippen molar-refractivity contribution in [1.29, 1.82) is 0 Å². The van der Waals surface area contributed by atoms with E-state index in [1.165, 1.54) is 12.1 Å². The molecule has 0 aliphatic rings. The van der Waals surface area contributed by atoms with Gasteiger partial charge in [-0.05, 0) is 19.9 Å². The van der Waals surface area contributed by atoms with Gasteiger partial charge in [-0.2, -0.15) is 0 Å². The number of non-ortho nitro benzene ring substituents is 1. The molecule has 0 radical (unpaired) electrons. The summed E-state index contributed by atoms with van der Waals surface area (Å²) in [5, 5.41) is 19.8. The highest BCUT2D eigenvalue weighted by molar-refractivity contribution is 5.95. The van der Waals surface area contributed by atoms with Crippen LogP contribution in [-0.2, 0) is 4.79 Å². The Bertz CT molecular complexity index is 668. The summed E-state index contributed by atoms with van der Waals surface area (Å²) >= 11 is 0. The summed E-state index contributed by atoms with van der Waals surface area (Å²) < 4.78 is 4.85. The van der Waals surface area contributed by atoms with E-state index >= 15 is 0 Å². The van der Waals surface area contributed by atoms with Gasteiger partial charge in [0.15, 0.2) is 5.82 Å². The average Bonchev–Trinajstić information content (AvgIpc) is 2.84. The number of nitro groups is 1. The molecule has 0 saturated heterocycles. The van der Waals surface area contributed by atoms with Crippen LogP contribution in [0, 0.1) is 17.0 Å². The number of benzene rings is 1. The summed E-state index contributed by atoms with van der Waals surface area (Å²) in [5.74, 6) is 0.588. The minimum atomic E-state index is -0.594. The number of carbonyl (C=O) groups is 1. The number of anilines is 2. The van der Waals surface area contributed by atoms with Crippen molar-refractivity contribution in [3.8, 4) is 0 Å². The van der Waals surface area contributed by atoms with Crippen LogP contribution in [0.3, 0.4) is 0 Å². The molecule has 21 heavy (non-hydrogen) atoms. The van der Waals surface area contributed by atoms with E-state index in [0.717, 1.165) is 0 Å². The third-order valence-corrected chi connectivity index (χ3v) is 2.71. The van der Waals surface area contributed by atoms with E-state index in [1.54, 1.807) is 32.0 Å². The van der Waals surface area contributed by atoms with Gasteiger partial charge in [0.1, 0.15) is 11.8 Å². The lowest BCUT2D eigenvalue weighted by Crippen LogP contribution is -2.31. The van der Waals surface area contributed by atoms with Gasteiger partial charge in [0.05, 0.1) is 4.92 Å². The molecule has 1 aromatic heterocycles. The summed E-state index contributed by atoms with van der Waals surface area (Å²) in [6.07, 6.45) is 0. The lowest BCUT2D eigenvalue weighted by molar-refractivity contribution is -0.384. The van der Waals surface area contributed by atoms with Gasteiger partial charge < -0.3 is 15.2 Å². The van der Waals surface area contributed by atoms with E-state index in [0.29, 0.717) is 17.3 Å². The number of nitro benzene ring substituents is 1. The summed E-state index contributed by atoms with van der Waals surface area (Å²) in [7, 11) is 0. The zero-order chi connectivity index (χ0) is 15.4. The molecule has 0 bridgehead atoms. The fraction of sp³-hybridized carbons (Fsp3) is 0.231. The zero-order valence-electron chi connectivity index (χ0n) is 11.5. The Kier molecular flexibility index (Phi) is 4.17. The van der Waals surface area contributed by atoms with Crippen LogP contribution in [0.15, 0.2) is 34.9 Å². The highest BCUT2D eigenvalue weighted by atomic mass is 16.6. The predicted molar refractivity (Wildman–Crippen MR) is 76.1 cm³/mol. The second-order valence-electron chi connectivity index (χ2n) is 4.49. The number of aryl methyl sites for hydroxylation is 1. The van der Waals surface area contributed by atoms with Crippen LogP contribution < -0.4 is 10.6 Å².